The second kappa shape index (κ2) is 10.4. The van der Waals surface area contributed by atoms with Crippen LogP contribution in [0.1, 0.15) is 49.6 Å². The third-order valence-electron chi connectivity index (χ3n) is 6.16. The number of carbonyl (C=O) groups is 1. The van der Waals surface area contributed by atoms with Gasteiger partial charge in [0.2, 0.25) is 5.91 Å². The van der Waals surface area contributed by atoms with Crippen molar-refractivity contribution in [3.05, 3.63) is 83.3 Å². The minimum atomic E-state index is -4.41. The van der Waals surface area contributed by atoms with Crippen LogP contribution < -0.4 is 0 Å². The monoisotopic (exact) mass is 516 g/mol. The topological polar surface area (TPSA) is 68.1 Å². The minimum Gasteiger partial charge on any atom is -0.329 e. The van der Waals surface area contributed by atoms with E-state index in [2.05, 4.69) is 10.1 Å². The van der Waals surface area contributed by atoms with Crippen molar-refractivity contribution in [1.29, 1.82) is 0 Å². The zero-order valence-corrected chi connectivity index (χ0v) is 21.0. The summed E-state index contributed by atoms with van der Waals surface area (Å²) in [5.41, 5.74) is 2.29. The number of nitrogens with zero attached hydrogens (tertiary/aromatic N) is 4. The number of halogens is 3. The zero-order valence-electron chi connectivity index (χ0n) is 20.1. The molecule has 3 atom stereocenters. The highest BCUT2D eigenvalue weighted by Crippen LogP contribution is 2.31. The summed E-state index contributed by atoms with van der Waals surface area (Å²) in [5, 5.41) is 5.92. The molecule has 36 heavy (non-hydrogen) atoms. The number of aromatic nitrogens is 3. The Morgan fingerprint density at radius 2 is 1.89 bits per heavy atom. The number of hydrogen-bond acceptors (Lipinski definition) is 4. The van der Waals surface area contributed by atoms with E-state index in [0.717, 1.165) is 23.4 Å². The van der Waals surface area contributed by atoms with Crippen molar-refractivity contribution >= 4 is 16.7 Å². The Balaban J connectivity index is 1.56. The fraction of sp³-hybridized carbons (Fsp3) is 0.346. The molecule has 1 amide bonds. The van der Waals surface area contributed by atoms with Crippen LogP contribution in [0.4, 0.5) is 13.2 Å². The molecule has 10 heteroatoms. The minimum absolute atomic E-state index is 0.200. The highest BCUT2D eigenvalue weighted by Gasteiger charge is 2.32. The Labute approximate surface area is 210 Å². The summed E-state index contributed by atoms with van der Waals surface area (Å²) < 4.78 is 52.2. The molecule has 4 rings (SSSR count). The summed E-state index contributed by atoms with van der Waals surface area (Å²) in [6.45, 7) is 6.14. The highest BCUT2D eigenvalue weighted by atomic mass is 32.2. The lowest BCUT2D eigenvalue weighted by Gasteiger charge is -2.30. The summed E-state index contributed by atoms with van der Waals surface area (Å²) in [7, 11) is -1.14. The normalized spacial score (nSPS) is 18.5. The number of benzene rings is 1. The van der Waals surface area contributed by atoms with Crippen molar-refractivity contribution in [2.45, 2.75) is 51.5 Å². The maximum atomic E-state index is 13.7. The van der Waals surface area contributed by atoms with Crippen LogP contribution in [0.2, 0.25) is 0 Å². The van der Waals surface area contributed by atoms with Gasteiger partial charge >= 0.3 is 6.18 Å². The molecule has 1 aliphatic rings. The first kappa shape index (κ1) is 25.8. The van der Waals surface area contributed by atoms with Crippen molar-refractivity contribution in [3.8, 4) is 11.1 Å². The first-order valence-electron chi connectivity index (χ1n) is 11.6. The predicted molar refractivity (Wildman–Crippen MR) is 132 cm³/mol. The number of rotatable bonds is 7. The summed E-state index contributed by atoms with van der Waals surface area (Å²) in [6, 6.07) is 7.66. The average molecular weight is 517 g/mol. The van der Waals surface area contributed by atoms with Gasteiger partial charge in [-0.3, -0.25) is 18.7 Å². The molecule has 1 aliphatic heterocycles. The van der Waals surface area contributed by atoms with E-state index in [4.69, 9.17) is 0 Å². The SMILES string of the molecule is CC(C)c1cc(CN(C(=O)C(C)n2cc(-c3ccc(C(F)(F)F)cc3)cn2)C2C=CS(=O)C2)ccn1. The molecule has 3 aromatic rings. The van der Waals surface area contributed by atoms with Crippen LogP contribution in [-0.2, 0) is 28.3 Å². The maximum Gasteiger partial charge on any atom is 0.416 e. The second-order valence-electron chi connectivity index (χ2n) is 9.11. The fourth-order valence-electron chi connectivity index (χ4n) is 4.02. The fourth-order valence-corrected chi connectivity index (χ4v) is 5.11. The second-order valence-corrected chi connectivity index (χ2v) is 10.5. The molecule has 0 fully saturated rings. The van der Waals surface area contributed by atoms with Gasteiger partial charge in [-0.25, -0.2) is 0 Å². The van der Waals surface area contributed by atoms with Gasteiger partial charge < -0.3 is 4.90 Å². The quantitative estimate of drug-likeness (QED) is 0.426. The molecule has 3 heterocycles. The van der Waals surface area contributed by atoms with Crippen LogP contribution in [0.5, 0.6) is 0 Å². The van der Waals surface area contributed by atoms with Crippen molar-refractivity contribution < 1.29 is 22.2 Å². The molecule has 0 bridgehead atoms. The Kier molecular flexibility index (Phi) is 7.44. The first-order chi connectivity index (χ1) is 17.0. The smallest absolute Gasteiger partial charge is 0.329 e. The lowest BCUT2D eigenvalue weighted by molar-refractivity contribution is -0.138. The Morgan fingerprint density at radius 1 is 1.17 bits per heavy atom. The summed E-state index contributed by atoms with van der Waals surface area (Å²) in [6.07, 6.45) is 2.29. The van der Waals surface area contributed by atoms with E-state index in [0.29, 0.717) is 23.4 Å². The summed E-state index contributed by atoms with van der Waals surface area (Å²) in [4.78, 5) is 19.7. The van der Waals surface area contributed by atoms with Crippen molar-refractivity contribution in [3.63, 3.8) is 0 Å². The van der Waals surface area contributed by atoms with Crippen molar-refractivity contribution in [1.82, 2.24) is 19.7 Å². The van der Waals surface area contributed by atoms with Gasteiger partial charge in [0, 0.05) is 46.4 Å². The van der Waals surface area contributed by atoms with Crippen molar-refractivity contribution in [2.24, 2.45) is 0 Å². The molecule has 190 valence electrons. The number of carbonyl (C=O) groups excluding carboxylic acids is 1. The van der Waals surface area contributed by atoms with E-state index >= 15 is 0 Å². The van der Waals surface area contributed by atoms with E-state index in [1.54, 1.807) is 35.7 Å². The van der Waals surface area contributed by atoms with Gasteiger partial charge in [0.05, 0.1) is 23.6 Å². The average Bonchev–Trinajstić information content (AvgIpc) is 3.51. The van der Waals surface area contributed by atoms with E-state index in [-0.39, 0.29) is 17.9 Å². The molecule has 1 aromatic carbocycles. The highest BCUT2D eigenvalue weighted by molar-refractivity contribution is 7.88. The molecular formula is C26H27F3N4O2S. The molecule has 0 N–H and O–H groups in total. The Hall–Kier alpha value is -3.27. The maximum absolute atomic E-state index is 13.7. The summed E-state index contributed by atoms with van der Waals surface area (Å²) in [5.74, 6) is 0.365. The molecule has 3 unspecified atom stereocenters. The standard InChI is InChI=1S/C26H27F3N4O2S/c1-17(2)24-12-19(8-10-30-24)14-32(23-9-11-36(35)16-23)25(34)18(3)33-15-21(13-31-33)20-4-6-22(7-5-20)26(27,28)29/h4-13,15,17-18,23H,14,16H2,1-3H3. The van der Waals surface area contributed by atoms with Gasteiger partial charge in [-0.15, -0.1) is 0 Å². The number of alkyl halides is 3. The van der Waals surface area contributed by atoms with Crippen LogP contribution in [0.15, 0.2) is 66.5 Å². The number of hydrogen-bond donors (Lipinski definition) is 0. The molecule has 2 aromatic heterocycles. The number of pyridine rings is 1. The van der Waals surface area contributed by atoms with Gasteiger partial charge in [-0.1, -0.05) is 32.1 Å². The van der Waals surface area contributed by atoms with E-state index in [1.807, 2.05) is 26.0 Å². The molecule has 0 radical (unpaired) electrons. The van der Waals surface area contributed by atoms with Gasteiger partial charge in [0.15, 0.2) is 0 Å². The molecule has 0 aliphatic carbocycles. The van der Waals surface area contributed by atoms with E-state index in [1.165, 1.54) is 23.0 Å². The molecule has 0 saturated carbocycles. The molecule has 6 nitrogen and oxygen atoms in total. The van der Waals surface area contributed by atoms with Crippen LogP contribution in [-0.4, -0.2) is 41.6 Å². The molecule has 0 saturated heterocycles. The van der Waals surface area contributed by atoms with Gasteiger partial charge in [-0.2, -0.15) is 18.3 Å². The Bertz CT molecular complexity index is 1280. The van der Waals surface area contributed by atoms with Gasteiger partial charge in [-0.05, 0) is 48.2 Å². The summed E-state index contributed by atoms with van der Waals surface area (Å²) >= 11 is 0. The lowest BCUT2D eigenvalue weighted by Crippen LogP contribution is -2.43. The van der Waals surface area contributed by atoms with Gasteiger partial charge in [0.25, 0.3) is 0 Å². The van der Waals surface area contributed by atoms with Gasteiger partial charge in [0.1, 0.15) is 6.04 Å². The lowest BCUT2D eigenvalue weighted by atomic mass is 10.1. The molecular weight excluding hydrogens is 489 g/mol. The Morgan fingerprint density at radius 3 is 2.50 bits per heavy atom. The third-order valence-corrected chi connectivity index (χ3v) is 7.29. The van der Waals surface area contributed by atoms with Crippen LogP contribution in [0.25, 0.3) is 11.1 Å². The first-order valence-corrected chi connectivity index (χ1v) is 12.9. The molecule has 0 spiro atoms. The zero-order chi connectivity index (χ0) is 26.0. The predicted octanol–water partition coefficient (Wildman–Crippen LogP) is 5.32. The van der Waals surface area contributed by atoms with Crippen molar-refractivity contribution in [2.75, 3.05) is 5.75 Å². The van der Waals surface area contributed by atoms with E-state index < -0.39 is 28.6 Å². The third kappa shape index (κ3) is 5.75. The van der Waals surface area contributed by atoms with Crippen LogP contribution in [0.3, 0.4) is 0 Å². The largest absolute Gasteiger partial charge is 0.416 e. The van der Waals surface area contributed by atoms with Crippen LogP contribution >= 0.6 is 0 Å². The number of amides is 1. The van der Waals surface area contributed by atoms with Crippen LogP contribution in [0, 0.1) is 0 Å². The van der Waals surface area contributed by atoms with E-state index in [9.17, 15) is 22.2 Å².